The molecular weight excluding hydrogens is 202 g/mol. The van der Waals surface area contributed by atoms with E-state index in [9.17, 15) is 5.11 Å². The molecule has 0 atom stereocenters. The van der Waals surface area contributed by atoms with Crippen LogP contribution in [-0.2, 0) is 5.60 Å². The van der Waals surface area contributed by atoms with E-state index < -0.39 is 5.60 Å². The van der Waals surface area contributed by atoms with Gasteiger partial charge in [0.05, 0.1) is 11.4 Å². The molecule has 0 aliphatic heterocycles. The van der Waals surface area contributed by atoms with E-state index in [1.165, 1.54) is 0 Å². The van der Waals surface area contributed by atoms with Gasteiger partial charge in [0.1, 0.15) is 5.60 Å². The van der Waals surface area contributed by atoms with Gasteiger partial charge in [-0.2, -0.15) is 0 Å². The molecule has 3 rings (SSSR count). The fourth-order valence-electron chi connectivity index (χ4n) is 2.14. The summed E-state index contributed by atoms with van der Waals surface area (Å²) in [4.78, 5) is 8.56. The van der Waals surface area contributed by atoms with Crippen LogP contribution in [0.4, 0.5) is 5.69 Å². The van der Waals surface area contributed by atoms with Crippen LogP contribution in [0.1, 0.15) is 25.0 Å². The third-order valence-corrected chi connectivity index (χ3v) is 3.24. The molecule has 0 saturated heterocycles. The van der Waals surface area contributed by atoms with Gasteiger partial charge in [0, 0.05) is 11.6 Å². The first kappa shape index (κ1) is 9.54. The lowest BCUT2D eigenvalue weighted by Crippen LogP contribution is -2.35. The highest BCUT2D eigenvalue weighted by atomic mass is 16.3. The maximum Gasteiger partial charge on any atom is 0.159 e. The second-order valence-corrected chi connectivity index (χ2v) is 4.36. The number of hydrogen-bond acceptors (Lipinski definition) is 4. The van der Waals surface area contributed by atoms with Crippen molar-refractivity contribution in [2.45, 2.75) is 24.9 Å². The van der Waals surface area contributed by atoms with Crippen LogP contribution in [0.3, 0.4) is 0 Å². The Morgan fingerprint density at radius 2 is 2.19 bits per heavy atom. The Labute approximate surface area is 93.1 Å². The van der Waals surface area contributed by atoms with E-state index in [2.05, 4.69) is 9.97 Å². The van der Waals surface area contributed by atoms with Gasteiger partial charge in [0.15, 0.2) is 5.65 Å². The minimum Gasteiger partial charge on any atom is -0.397 e. The van der Waals surface area contributed by atoms with Gasteiger partial charge in [-0.05, 0) is 37.5 Å². The van der Waals surface area contributed by atoms with E-state index in [1.807, 2.05) is 18.2 Å². The average molecular weight is 215 g/mol. The van der Waals surface area contributed by atoms with Gasteiger partial charge in [-0.1, -0.05) is 0 Å². The normalized spacial score (nSPS) is 18.3. The van der Waals surface area contributed by atoms with Crippen molar-refractivity contribution < 1.29 is 5.11 Å². The fourth-order valence-corrected chi connectivity index (χ4v) is 2.14. The zero-order chi connectivity index (χ0) is 11.2. The summed E-state index contributed by atoms with van der Waals surface area (Å²) in [5.74, 6) is 0. The van der Waals surface area contributed by atoms with Gasteiger partial charge >= 0.3 is 0 Å². The van der Waals surface area contributed by atoms with Crippen LogP contribution in [0.2, 0.25) is 0 Å². The van der Waals surface area contributed by atoms with Gasteiger partial charge in [0.2, 0.25) is 0 Å². The third kappa shape index (κ3) is 1.27. The number of aromatic nitrogens is 2. The molecule has 0 radical (unpaired) electrons. The number of nitrogen functional groups attached to an aromatic ring is 1. The number of rotatable bonds is 1. The summed E-state index contributed by atoms with van der Waals surface area (Å²) in [6, 6.07) is 5.60. The predicted octanol–water partition coefficient (Wildman–Crippen LogP) is 1.58. The number of nitrogens with two attached hydrogens (primary N) is 1. The lowest BCUT2D eigenvalue weighted by atomic mass is 9.77. The molecule has 1 fully saturated rings. The van der Waals surface area contributed by atoms with E-state index in [-0.39, 0.29) is 0 Å². The summed E-state index contributed by atoms with van der Waals surface area (Å²) < 4.78 is 0. The van der Waals surface area contributed by atoms with Gasteiger partial charge in [-0.15, -0.1) is 0 Å². The van der Waals surface area contributed by atoms with Crippen LogP contribution in [0, 0.1) is 0 Å². The minimum atomic E-state index is -0.824. The molecule has 16 heavy (non-hydrogen) atoms. The lowest BCUT2D eigenvalue weighted by Gasteiger charge is -2.36. The number of aliphatic hydroxyl groups is 1. The summed E-state index contributed by atoms with van der Waals surface area (Å²) >= 11 is 0. The first-order valence-corrected chi connectivity index (χ1v) is 5.43. The van der Waals surface area contributed by atoms with E-state index in [1.54, 1.807) is 6.20 Å². The van der Waals surface area contributed by atoms with Crippen LogP contribution in [-0.4, -0.2) is 15.1 Å². The zero-order valence-electron chi connectivity index (χ0n) is 8.85. The maximum absolute atomic E-state index is 10.3. The molecule has 0 bridgehead atoms. The van der Waals surface area contributed by atoms with Crippen molar-refractivity contribution in [3.05, 3.63) is 30.1 Å². The van der Waals surface area contributed by atoms with Crippen LogP contribution < -0.4 is 5.73 Å². The maximum atomic E-state index is 10.3. The topological polar surface area (TPSA) is 72.0 Å². The van der Waals surface area contributed by atoms with Crippen LogP contribution >= 0.6 is 0 Å². The minimum absolute atomic E-state index is 0.558. The van der Waals surface area contributed by atoms with Crippen molar-refractivity contribution in [3.63, 3.8) is 0 Å². The number of nitrogens with zero attached hydrogens (tertiary/aromatic N) is 2. The Balaban J connectivity index is 2.21. The number of fused-ring (bicyclic) bond motifs is 1. The summed E-state index contributed by atoms with van der Waals surface area (Å²) in [5, 5.41) is 11.2. The number of hydrogen-bond donors (Lipinski definition) is 2. The Kier molecular flexibility index (Phi) is 1.88. The average Bonchev–Trinajstić information content (AvgIpc) is 2.25. The summed E-state index contributed by atoms with van der Waals surface area (Å²) in [6.45, 7) is 0. The van der Waals surface area contributed by atoms with Gasteiger partial charge in [-0.25, -0.2) is 9.97 Å². The van der Waals surface area contributed by atoms with E-state index >= 15 is 0 Å². The molecule has 4 nitrogen and oxygen atoms in total. The molecule has 2 aromatic rings. The fraction of sp³-hybridized carbons (Fsp3) is 0.333. The highest BCUT2D eigenvalue weighted by molar-refractivity contribution is 5.79. The molecule has 0 aromatic carbocycles. The Hall–Kier alpha value is -1.68. The standard InChI is InChI=1S/C12H13N3O/c13-9-7-8-3-1-6-14-11(8)15-10(9)12(16)4-2-5-12/h1,3,6-7,16H,2,4-5,13H2. The first-order valence-electron chi connectivity index (χ1n) is 5.43. The van der Waals surface area contributed by atoms with Crippen LogP contribution in [0.25, 0.3) is 11.0 Å². The monoisotopic (exact) mass is 215 g/mol. The predicted molar refractivity (Wildman–Crippen MR) is 61.7 cm³/mol. The molecule has 3 N–H and O–H groups in total. The summed E-state index contributed by atoms with van der Waals surface area (Å²) in [7, 11) is 0. The Morgan fingerprint density at radius 1 is 1.38 bits per heavy atom. The molecule has 0 unspecified atom stereocenters. The number of pyridine rings is 2. The van der Waals surface area contributed by atoms with Crippen molar-refractivity contribution in [1.29, 1.82) is 0 Å². The molecule has 2 aromatic heterocycles. The van der Waals surface area contributed by atoms with Crippen LogP contribution in [0.15, 0.2) is 24.4 Å². The Bertz CT molecular complexity index is 549. The second-order valence-electron chi connectivity index (χ2n) is 4.36. The van der Waals surface area contributed by atoms with Crippen molar-refractivity contribution in [2.75, 3.05) is 5.73 Å². The third-order valence-electron chi connectivity index (χ3n) is 3.24. The van der Waals surface area contributed by atoms with E-state index in [0.29, 0.717) is 17.0 Å². The molecule has 82 valence electrons. The quantitative estimate of drug-likeness (QED) is 0.757. The largest absolute Gasteiger partial charge is 0.397 e. The van der Waals surface area contributed by atoms with Crippen molar-refractivity contribution in [3.8, 4) is 0 Å². The molecule has 0 amide bonds. The molecule has 1 aliphatic rings. The number of anilines is 1. The molecule has 0 spiro atoms. The molecule has 4 heteroatoms. The molecular formula is C12H13N3O. The van der Waals surface area contributed by atoms with Crippen molar-refractivity contribution in [1.82, 2.24) is 9.97 Å². The van der Waals surface area contributed by atoms with Gasteiger partial charge < -0.3 is 10.8 Å². The summed E-state index contributed by atoms with van der Waals surface area (Å²) in [6.07, 6.45) is 4.20. The van der Waals surface area contributed by atoms with E-state index in [0.717, 1.165) is 24.6 Å². The van der Waals surface area contributed by atoms with Gasteiger partial charge in [0.25, 0.3) is 0 Å². The zero-order valence-corrected chi connectivity index (χ0v) is 8.85. The second kappa shape index (κ2) is 3.15. The first-order chi connectivity index (χ1) is 7.69. The van der Waals surface area contributed by atoms with E-state index in [4.69, 9.17) is 5.73 Å². The molecule has 2 heterocycles. The van der Waals surface area contributed by atoms with Crippen molar-refractivity contribution >= 4 is 16.7 Å². The SMILES string of the molecule is Nc1cc2cccnc2nc1C1(O)CCC1. The van der Waals surface area contributed by atoms with Crippen LogP contribution in [0.5, 0.6) is 0 Å². The Morgan fingerprint density at radius 3 is 2.88 bits per heavy atom. The molecule has 1 saturated carbocycles. The summed E-state index contributed by atoms with van der Waals surface area (Å²) in [5.41, 5.74) is 6.90. The lowest BCUT2D eigenvalue weighted by molar-refractivity contribution is -0.0416. The smallest absolute Gasteiger partial charge is 0.159 e. The van der Waals surface area contributed by atoms with Gasteiger partial charge in [-0.3, -0.25) is 0 Å². The highest BCUT2D eigenvalue weighted by Gasteiger charge is 2.39. The van der Waals surface area contributed by atoms with Crippen molar-refractivity contribution in [2.24, 2.45) is 0 Å². The molecule has 1 aliphatic carbocycles. The highest BCUT2D eigenvalue weighted by Crippen LogP contribution is 2.42.